The zero-order valence-electron chi connectivity index (χ0n) is 5.40. The number of carbonyl (C=O) groups is 1. The van der Waals surface area contributed by atoms with Gasteiger partial charge in [-0.05, 0) is 0 Å². The maximum absolute atomic E-state index is 10.4. The van der Waals surface area contributed by atoms with Gasteiger partial charge < -0.3 is 10.5 Å². The molecule has 0 bridgehead atoms. The first-order valence-electron chi connectivity index (χ1n) is 2.71. The number of nitrogens with one attached hydrogen (secondary N) is 1. The molecule has 0 atom stereocenters. The molecular weight excluding hydrogens is 150 g/mol. The van der Waals surface area contributed by atoms with Gasteiger partial charge in [-0.2, -0.15) is 0 Å². The predicted octanol–water partition coefficient (Wildman–Crippen LogP) is -0.773. The second-order valence-corrected chi connectivity index (χ2v) is 1.68. The fraction of sp³-hybridized carbons (Fsp3) is 0. The molecule has 0 fully saturated rings. The summed E-state index contributed by atoms with van der Waals surface area (Å²) in [5, 5.41) is 5.42. The number of primary amides is 1. The molecule has 3 N–H and O–H groups in total. The van der Waals surface area contributed by atoms with Crippen molar-refractivity contribution in [2.75, 3.05) is 0 Å². The van der Waals surface area contributed by atoms with E-state index in [1.807, 2.05) is 0 Å². The van der Waals surface area contributed by atoms with Crippen molar-refractivity contribution >= 4 is 6.09 Å². The zero-order chi connectivity index (χ0) is 8.27. The molecule has 1 aromatic heterocycles. The topological polar surface area (TPSA) is 98.1 Å². The third kappa shape index (κ3) is 2.09. The van der Waals surface area contributed by atoms with E-state index in [0.717, 1.165) is 0 Å². The van der Waals surface area contributed by atoms with Crippen LogP contribution in [0.4, 0.5) is 4.79 Å². The summed E-state index contributed by atoms with van der Waals surface area (Å²) in [6.07, 6.45) is -0.968. The summed E-state index contributed by atoms with van der Waals surface area (Å²) in [4.78, 5) is 20.5. The van der Waals surface area contributed by atoms with E-state index in [4.69, 9.17) is 0 Å². The van der Waals surface area contributed by atoms with Crippen LogP contribution in [0, 0.1) is 0 Å². The molecular formula is C5H5N3O3. The number of nitrogens with two attached hydrogens (primary N) is 1. The minimum absolute atomic E-state index is 0.0305. The van der Waals surface area contributed by atoms with Crippen LogP contribution in [0.3, 0.4) is 0 Å². The summed E-state index contributed by atoms with van der Waals surface area (Å²) in [6, 6.07) is 2.41. The molecule has 1 heterocycles. The Morgan fingerprint density at radius 2 is 2.36 bits per heavy atom. The van der Waals surface area contributed by atoms with Crippen molar-refractivity contribution in [2.24, 2.45) is 5.73 Å². The van der Waals surface area contributed by atoms with E-state index in [1.165, 1.54) is 12.1 Å². The van der Waals surface area contributed by atoms with Gasteiger partial charge in [-0.25, -0.2) is 9.89 Å². The number of rotatable bonds is 1. The molecule has 0 saturated carbocycles. The summed E-state index contributed by atoms with van der Waals surface area (Å²) in [5.41, 5.74) is 4.30. The Kier molecular flexibility index (Phi) is 1.86. The minimum Gasteiger partial charge on any atom is -0.390 e. The molecule has 0 unspecified atom stereocenters. The third-order valence-electron chi connectivity index (χ3n) is 0.859. The van der Waals surface area contributed by atoms with Crippen LogP contribution in [0.1, 0.15) is 0 Å². The number of aromatic nitrogens is 2. The van der Waals surface area contributed by atoms with Gasteiger partial charge in [0.2, 0.25) is 5.88 Å². The van der Waals surface area contributed by atoms with Gasteiger partial charge >= 0.3 is 6.09 Å². The van der Waals surface area contributed by atoms with E-state index in [2.05, 4.69) is 20.7 Å². The van der Waals surface area contributed by atoms with Crippen molar-refractivity contribution in [1.29, 1.82) is 0 Å². The number of amides is 1. The molecule has 6 heteroatoms. The molecule has 0 aliphatic rings. The van der Waals surface area contributed by atoms with Crippen LogP contribution in [0.2, 0.25) is 0 Å². The lowest BCUT2D eigenvalue weighted by Crippen LogP contribution is -2.18. The lowest BCUT2D eigenvalue weighted by molar-refractivity contribution is 0.208. The van der Waals surface area contributed by atoms with Crippen molar-refractivity contribution in [3.63, 3.8) is 0 Å². The fourth-order valence-electron chi connectivity index (χ4n) is 0.492. The van der Waals surface area contributed by atoms with Crippen LogP contribution in [-0.4, -0.2) is 16.3 Å². The van der Waals surface area contributed by atoms with Crippen LogP contribution in [0.15, 0.2) is 16.9 Å². The maximum Gasteiger partial charge on any atom is 0.411 e. The van der Waals surface area contributed by atoms with Crippen molar-refractivity contribution in [3.05, 3.63) is 22.5 Å². The van der Waals surface area contributed by atoms with Gasteiger partial charge in [0, 0.05) is 12.1 Å². The summed E-state index contributed by atoms with van der Waals surface area (Å²) in [6.45, 7) is 0. The Labute approximate surface area is 61.0 Å². The summed E-state index contributed by atoms with van der Waals surface area (Å²) in [5.74, 6) is -0.0305. The van der Waals surface area contributed by atoms with Gasteiger partial charge in [0.25, 0.3) is 5.56 Å². The molecule has 11 heavy (non-hydrogen) atoms. The number of ether oxygens (including phenoxy) is 1. The van der Waals surface area contributed by atoms with Crippen molar-refractivity contribution in [3.8, 4) is 5.88 Å². The molecule has 6 nitrogen and oxygen atoms in total. The quantitative estimate of drug-likeness (QED) is 0.556. The summed E-state index contributed by atoms with van der Waals surface area (Å²) < 4.78 is 4.33. The standard InChI is InChI=1S/C5H5N3O3/c6-5(10)11-4-2-1-3(9)7-8-4/h1-2H,(H2,6,10)(H,7,9). The van der Waals surface area contributed by atoms with Crippen molar-refractivity contribution < 1.29 is 9.53 Å². The highest BCUT2D eigenvalue weighted by Crippen LogP contribution is 1.97. The number of aromatic amines is 1. The van der Waals surface area contributed by atoms with E-state index in [-0.39, 0.29) is 11.4 Å². The van der Waals surface area contributed by atoms with Crippen molar-refractivity contribution in [2.45, 2.75) is 0 Å². The molecule has 0 aromatic carbocycles. The highest BCUT2D eigenvalue weighted by atomic mass is 16.6. The summed E-state index contributed by atoms with van der Waals surface area (Å²) in [7, 11) is 0. The van der Waals surface area contributed by atoms with Gasteiger partial charge in [-0.15, -0.1) is 5.10 Å². The smallest absolute Gasteiger partial charge is 0.390 e. The van der Waals surface area contributed by atoms with Crippen LogP contribution < -0.4 is 16.0 Å². The molecule has 0 spiro atoms. The molecule has 0 saturated heterocycles. The zero-order valence-corrected chi connectivity index (χ0v) is 5.40. The predicted molar refractivity (Wildman–Crippen MR) is 35.1 cm³/mol. The Morgan fingerprint density at radius 1 is 1.64 bits per heavy atom. The van der Waals surface area contributed by atoms with Gasteiger partial charge in [0.05, 0.1) is 0 Å². The van der Waals surface area contributed by atoms with Gasteiger partial charge in [-0.3, -0.25) is 4.79 Å². The lowest BCUT2D eigenvalue weighted by Gasteiger charge is -1.95. The van der Waals surface area contributed by atoms with Gasteiger partial charge in [0.15, 0.2) is 0 Å². The van der Waals surface area contributed by atoms with Gasteiger partial charge in [0.1, 0.15) is 0 Å². The third-order valence-corrected chi connectivity index (χ3v) is 0.859. The SMILES string of the molecule is NC(=O)Oc1ccc(=O)[nH]n1. The number of hydrogen-bond acceptors (Lipinski definition) is 4. The van der Waals surface area contributed by atoms with E-state index < -0.39 is 6.09 Å². The molecule has 0 aliphatic heterocycles. The molecule has 1 amide bonds. The normalized spacial score (nSPS) is 9.09. The first-order chi connectivity index (χ1) is 5.18. The molecule has 1 aromatic rings. The summed E-state index contributed by atoms with van der Waals surface area (Å²) >= 11 is 0. The average Bonchev–Trinajstić information content (AvgIpc) is 1.93. The van der Waals surface area contributed by atoms with E-state index in [1.54, 1.807) is 0 Å². The number of H-pyrrole nitrogens is 1. The van der Waals surface area contributed by atoms with Crippen molar-refractivity contribution in [1.82, 2.24) is 10.2 Å². The monoisotopic (exact) mass is 155 g/mol. The molecule has 1 rings (SSSR count). The lowest BCUT2D eigenvalue weighted by atomic mass is 10.6. The fourth-order valence-corrected chi connectivity index (χ4v) is 0.492. The maximum atomic E-state index is 10.4. The number of nitrogens with zero attached hydrogens (tertiary/aromatic N) is 1. The second-order valence-electron chi connectivity index (χ2n) is 1.68. The first-order valence-corrected chi connectivity index (χ1v) is 2.71. The van der Waals surface area contributed by atoms with Gasteiger partial charge in [-0.1, -0.05) is 0 Å². The van der Waals surface area contributed by atoms with E-state index >= 15 is 0 Å². The van der Waals surface area contributed by atoms with Crippen LogP contribution in [0.25, 0.3) is 0 Å². The number of carbonyl (C=O) groups excluding carboxylic acids is 1. The molecule has 58 valence electrons. The van der Waals surface area contributed by atoms with Crippen LogP contribution in [0.5, 0.6) is 5.88 Å². The highest BCUT2D eigenvalue weighted by Gasteiger charge is 1.97. The Bertz CT molecular complexity index is 298. The largest absolute Gasteiger partial charge is 0.411 e. The first kappa shape index (κ1) is 7.26. The Balaban J connectivity index is 2.82. The van der Waals surface area contributed by atoms with E-state index in [0.29, 0.717) is 0 Å². The Morgan fingerprint density at radius 3 is 2.82 bits per heavy atom. The van der Waals surface area contributed by atoms with Crippen LogP contribution in [-0.2, 0) is 0 Å². The van der Waals surface area contributed by atoms with E-state index in [9.17, 15) is 9.59 Å². The second kappa shape index (κ2) is 2.82. The number of hydrogen-bond donors (Lipinski definition) is 2. The van der Waals surface area contributed by atoms with Crippen LogP contribution >= 0.6 is 0 Å². The average molecular weight is 155 g/mol. The minimum atomic E-state index is -0.968. The Hall–Kier alpha value is -1.85. The highest BCUT2D eigenvalue weighted by molar-refractivity contribution is 5.67. The molecule has 0 radical (unpaired) electrons. The molecule has 0 aliphatic carbocycles.